The highest BCUT2D eigenvalue weighted by molar-refractivity contribution is 5.83. The molecule has 110 valence electrons. The Hall–Kier alpha value is -1.30. The zero-order valence-electron chi connectivity index (χ0n) is 11.7. The fourth-order valence-electron chi connectivity index (χ4n) is 2.11. The number of urea groups is 1. The third kappa shape index (κ3) is 5.46. The minimum Gasteiger partial charge on any atom is -0.480 e. The highest BCUT2D eigenvalue weighted by atomic mass is 16.5. The number of nitrogens with zero attached hydrogens (tertiary/aromatic N) is 1. The van der Waals surface area contributed by atoms with Crippen LogP contribution in [0.5, 0.6) is 0 Å². The largest absolute Gasteiger partial charge is 0.480 e. The Morgan fingerprint density at radius 2 is 2.16 bits per heavy atom. The minimum atomic E-state index is -0.919. The van der Waals surface area contributed by atoms with E-state index in [-0.39, 0.29) is 12.1 Å². The second-order valence-corrected chi connectivity index (χ2v) is 5.05. The molecule has 0 radical (unpaired) electrons. The van der Waals surface area contributed by atoms with Gasteiger partial charge in [0.25, 0.3) is 0 Å². The molecule has 0 aromatic heterocycles. The van der Waals surface area contributed by atoms with Crippen LogP contribution in [0.15, 0.2) is 0 Å². The van der Waals surface area contributed by atoms with Gasteiger partial charge in [-0.3, -0.25) is 0 Å². The summed E-state index contributed by atoms with van der Waals surface area (Å²) < 4.78 is 5.40. The highest BCUT2D eigenvalue weighted by Gasteiger charge is 2.33. The summed E-state index contributed by atoms with van der Waals surface area (Å²) >= 11 is 0. The van der Waals surface area contributed by atoms with Crippen molar-refractivity contribution in [2.24, 2.45) is 0 Å². The lowest BCUT2D eigenvalue weighted by molar-refractivity contribution is -0.141. The fourth-order valence-corrected chi connectivity index (χ4v) is 2.11. The molecule has 6 nitrogen and oxygen atoms in total. The van der Waals surface area contributed by atoms with Crippen molar-refractivity contribution < 1.29 is 19.4 Å². The molecule has 0 saturated carbocycles. The lowest BCUT2D eigenvalue weighted by atomic mass is 10.2. The van der Waals surface area contributed by atoms with E-state index >= 15 is 0 Å². The smallest absolute Gasteiger partial charge is 0.326 e. The summed E-state index contributed by atoms with van der Waals surface area (Å²) in [7, 11) is 0. The summed E-state index contributed by atoms with van der Waals surface area (Å²) in [5.74, 6) is -0.919. The van der Waals surface area contributed by atoms with Crippen LogP contribution in [0.1, 0.15) is 39.5 Å². The van der Waals surface area contributed by atoms with Crippen LogP contribution >= 0.6 is 0 Å². The molecule has 0 bridgehead atoms. The quantitative estimate of drug-likeness (QED) is 0.688. The van der Waals surface area contributed by atoms with E-state index in [1.165, 1.54) is 4.90 Å². The number of carboxylic acids is 1. The molecule has 6 heteroatoms. The Bertz CT molecular complexity index is 307. The maximum atomic E-state index is 11.8. The molecule has 0 aromatic carbocycles. The molecule has 2 amide bonds. The van der Waals surface area contributed by atoms with Gasteiger partial charge in [-0.2, -0.15) is 0 Å². The minimum absolute atomic E-state index is 0.232. The first kappa shape index (κ1) is 15.8. The number of nitrogens with one attached hydrogen (secondary N) is 1. The number of hydrogen-bond donors (Lipinski definition) is 2. The molecule has 1 aliphatic heterocycles. The molecular weight excluding hydrogens is 248 g/mol. The predicted molar refractivity (Wildman–Crippen MR) is 71.1 cm³/mol. The third-order valence-corrected chi connectivity index (χ3v) is 3.10. The number of likely N-dealkylation sites (tertiary alicyclic amines) is 1. The van der Waals surface area contributed by atoms with Gasteiger partial charge in [0.05, 0.1) is 6.10 Å². The van der Waals surface area contributed by atoms with Crippen molar-refractivity contribution >= 4 is 12.0 Å². The van der Waals surface area contributed by atoms with E-state index in [9.17, 15) is 9.59 Å². The van der Waals surface area contributed by atoms with E-state index < -0.39 is 12.0 Å². The lowest BCUT2D eigenvalue weighted by Gasteiger charge is -2.21. The van der Waals surface area contributed by atoms with E-state index in [0.717, 1.165) is 19.3 Å². The van der Waals surface area contributed by atoms with Crippen LogP contribution in [-0.4, -0.2) is 53.8 Å². The molecule has 1 atom stereocenters. The number of carboxylic acid groups (broad SMARTS) is 1. The van der Waals surface area contributed by atoms with Gasteiger partial charge in [-0.05, 0) is 39.5 Å². The van der Waals surface area contributed by atoms with E-state index in [1.807, 2.05) is 13.8 Å². The van der Waals surface area contributed by atoms with Crippen molar-refractivity contribution in [1.29, 1.82) is 0 Å². The number of ether oxygens (including phenoxy) is 1. The van der Waals surface area contributed by atoms with Gasteiger partial charge in [0.2, 0.25) is 0 Å². The van der Waals surface area contributed by atoms with Crippen LogP contribution in [0.25, 0.3) is 0 Å². The summed E-state index contributed by atoms with van der Waals surface area (Å²) in [4.78, 5) is 24.2. The fraction of sp³-hybridized carbons (Fsp3) is 0.846. The number of aliphatic carboxylic acids is 1. The Morgan fingerprint density at radius 1 is 1.42 bits per heavy atom. The number of rotatable bonds is 7. The van der Waals surface area contributed by atoms with Gasteiger partial charge < -0.3 is 20.1 Å². The molecule has 0 aliphatic carbocycles. The monoisotopic (exact) mass is 272 g/mol. The Kier molecular flexibility index (Phi) is 6.62. The van der Waals surface area contributed by atoms with Crippen LogP contribution in [0, 0.1) is 0 Å². The molecule has 0 unspecified atom stereocenters. The molecule has 0 aromatic rings. The summed E-state index contributed by atoms with van der Waals surface area (Å²) in [5.41, 5.74) is 0. The Morgan fingerprint density at radius 3 is 2.79 bits per heavy atom. The molecular formula is C13H24N2O4. The van der Waals surface area contributed by atoms with E-state index in [0.29, 0.717) is 26.1 Å². The van der Waals surface area contributed by atoms with Gasteiger partial charge in [-0.25, -0.2) is 9.59 Å². The van der Waals surface area contributed by atoms with Crippen LogP contribution in [-0.2, 0) is 9.53 Å². The molecule has 1 aliphatic rings. The summed E-state index contributed by atoms with van der Waals surface area (Å²) in [5, 5.41) is 11.8. The van der Waals surface area contributed by atoms with Crippen LogP contribution in [0.3, 0.4) is 0 Å². The number of hydrogen-bond acceptors (Lipinski definition) is 3. The van der Waals surface area contributed by atoms with Gasteiger partial charge in [0.1, 0.15) is 6.04 Å². The normalized spacial score (nSPS) is 18.9. The van der Waals surface area contributed by atoms with Crippen LogP contribution in [0.4, 0.5) is 4.79 Å². The number of unbranched alkanes of at least 4 members (excludes halogenated alkanes) is 1. The summed E-state index contributed by atoms with van der Waals surface area (Å²) in [6.45, 7) is 5.75. The number of amides is 2. The van der Waals surface area contributed by atoms with Gasteiger partial charge in [-0.1, -0.05) is 0 Å². The van der Waals surface area contributed by atoms with Gasteiger partial charge in [0.15, 0.2) is 0 Å². The average Bonchev–Trinajstić information content (AvgIpc) is 2.82. The second-order valence-electron chi connectivity index (χ2n) is 5.05. The first-order valence-electron chi connectivity index (χ1n) is 6.91. The highest BCUT2D eigenvalue weighted by Crippen LogP contribution is 2.17. The lowest BCUT2D eigenvalue weighted by Crippen LogP contribution is -2.46. The topological polar surface area (TPSA) is 78.9 Å². The van der Waals surface area contributed by atoms with Gasteiger partial charge in [0, 0.05) is 19.7 Å². The van der Waals surface area contributed by atoms with Crippen molar-refractivity contribution in [3.63, 3.8) is 0 Å². The maximum Gasteiger partial charge on any atom is 0.326 e. The second kappa shape index (κ2) is 7.99. The first-order chi connectivity index (χ1) is 9.02. The van der Waals surface area contributed by atoms with Crippen molar-refractivity contribution in [3.8, 4) is 0 Å². The molecule has 1 fully saturated rings. The maximum absolute atomic E-state index is 11.8. The molecule has 2 N–H and O–H groups in total. The molecule has 1 saturated heterocycles. The van der Waals surface area contributed by atoms with E-state index in [2.05, 4.69) is 5.32 Å². The third-order valence-electron chi connectivity index (χ3n) is 3.10. The zero-order valence-corrected chi connectivity index (χ0v) is 11.7. The molecule has 1 rings (SSSR count). The van der Waals surface area contributed by atoms with Crippen molar-refractivity contribution in [1.82, 2.24) is 10.2 Å². The van der Waals surface area contributed by atoms with E-state index in [1.54, 1.807) is 0 Å². The van der Waals surface area contributed by atoms with Gasteiger partial charge in [-0.15, -0.1) is 0 Å². The van der Waals surface area contributed by atoms with Crippen LogP contribution in [0.2, 0.25) is 0 Å². The van der Waals surface area contributed by atoms with Crippen molar-refractivity contribution in [3.05, 3.63) is 0 Å². The number of carbonyl (C=O) groups excluding carboxylic acids is 1. The standard InChI is InChI=1S/C13H24N2O4/c1-10(2)19-9-4-3-7-14-13(18)15-8-5-6-11(15)12(16)17/h10-11H,3-9H2,1-2H3,(H,14,18)(H,16,17)/t11-/m0/s1. The average molecular weight is 272 g/mol. The summed E-state index contributed by atoms with van der Waals surface area (Å²) in [6, 6.07) is -0.932. The zero-order chi connectivity index (χ0) is 14.3. The number of carbonyl (C=O) groups is 2. The van der Waals surface area contributed by atoms with E-state index in [4.69, 9.17) is 9.84 Å². The molecule has 1 heterocycles. The first-order valence-corrected chi connectivity index (χ1v) is 6.91. The van der Waals surface area contributed by atoms with Gasteiger partial charge >= 0.3 is 12.0 Å². The van der Waals surface area contributed by atoms with Crippen molar-refractivity contribution in [2.45, 2.75) is 51.7 Å². The molecule has 19 heavy (non-hydrogen) atoms. The predicted octanol–water partition coefficient (Wildman–Crippen LogP) is 1.45. The SMILES string of the molecule is CC(C)OCCCCNC(=O)N1CCC[C@H]1C(=O)O. The Labute approximate surface area is 114 Å². The Balaban J connectivity index is 2.15. The summed E-state index contributed by atoms with van der Waals surface area (Å²) in [6.07, 6.45) is 3.26. The van der Waals surface area contributed by atoms with Crippen molar-refractivity contribution in [2.75, 3.05) is 19.7 Å². The molecule has 0 spiro atoms. The van der Waals surface area contributed by atoms with Crippen LogP contribution < -0.4 is 5.32 Å².